The van der Waals surface area contributed by atoms with Crippen molar-refractivity contribution in [1.29, 1.82) is 0 Å². The van der Waals surface area contributed by atoms with E-state index in [0.717, 1.165) is 5.69 Å². The van der Waals surface area contributed by atoms with Gasteiger partial charge in [-0.1, -0.05) is 19.1 Å². The third kappa shape index (κ3) is 2.38. The zero-order chi connectivity index (χ0) is 11.5. The minimum Gasteiger partial charge on any atom is -0.399 e. The van der Waals surface area contributed by atoms with Crippen LogP contribution in [0.15, 0.2) is 24.3 Å². The first-order valence-corrected chi connectivity index (χ1v) is 6.30. The van der Waals surface area contributed by atoms with E-state index < -0.39 is 0 Å². The highest BCUT2D eigenvalue weighted by Gasteiger charge is 2.26. The molecule has 0 spiro atoms. The number of hydrogen-bond donors (Lipinski definition) is 1. The van der Waals surface area contributed by atoms with E-state index in [-0.39, 0.29) is 0 Å². The Hall–Kier alpha value is -1.02. The summed E-state index contributed by atoms with van der Waals surface area (Å²) in [5, 5.41) is 0. The quantitative estimate of drug-likeness (QED) is 0.790. The summed E-state index contributed by atoms with van der Waals surface area (Å²) in [5.41, 5.74) is 8.13. The number of anilines is 1. The molecule has 16 heavy (non-hydrogen) atoms. The summed E-state index contributed by atoms with van der Waals surface area (Å²) in [6.07, 6.45) is 2.51. The van der Waals surface area contributed by atoms with Crippen LogP contribution in [0.5, 0.6) is 0 Å². The molecule has 0 aliphatic carbocycles. The van der Waals surface area contributed by atoms with Crippen LogP contribution in [-0.2, 0) is 0 Å². The normalized spacial score (nSPS) is 23.5. The summed E-state index contributed by atoms with van der Waals surface area (Å²) in [4.78, 5) is 2.59. The molecular formula is C14H22N2. The molecule has 88 valence electrons. The summed E-state index contributed by atoms with van der Waals surface area (Å²) < 4.78 is 0. The van der Waals surface area contributed by atoms with Crippen LogP contribution in [0.25, 0.3) is 0 Å². The van der Waals surface area contributed by atoms with Gasteiger partial charge in [-0.05, 0) is 49.9 Å². The van der Waals surface area contributed by atoms with Gasteiger partial charge < -0.3 is 10.6 Å². The lowest BCUT2D eigenvalue weighted by atomic mass is 9.98. The third-order valence-electron chi connectivity index (χ3n) is 3.82. The molecule has 1 aliphatic rings. The molecule has 0 amide bonds. The maximum Gasteiger partial charge on any atom is 0.0316 e. The highest BCUT2D eigenvalue weighted by Crippen LogP contribution is 2.29. The van der Waals surface area contributed by atoms with E-state index in [1.54, 1.807) is 0 Å². The van der Waals surface area contributed by atoms with Crippen molar-refractivity contribution in [3.8, 4) is 0 Å². The zero-order valence-electron chi connectivity index (χ0n) is 10.3. The molecular weight excluding hydrogens is 196 g/mol. The van der Waals surface area contributed by atoms with Gasteiger partial charge in [-0.2, -0.15) is 0 Å². The molecule has 0 saturated carbocycles. The predicted molar refractivity (Wildman–Crippen MR) is 69.5 cm³/mol. The van der Waals surface area contributed by atoms with Crippen molar-refractivity contribution >= 4 is 5.69 Å². The molecule has 2 nitrogen and oxygen atoms in total. The van der Waals surface area contributed by atoms with Crippen LogP contribution in [0.1, 0.15) is 38.2 Å². The average Bonchev–Trinajstić information content (AvgIpc) is 2.77. The fraction of sp³-hybridized carbons (Fsp3) is 0.571. The van der Waals surface area contributed by atoms with E-state index in [4.69, 9.17) is 5.73 Å². The molecule has 1 aromatic rings. The Labute approximate surface area is 98.4 Å². The first-order chi connectivity index (χ1) is 7.70. The summed E-state index contributed by atoms with van der Waals surface area (Å²) in [6, 6.07) is 9.08. The van der Waals surface area contributed by atoms with Crippen molar-refractivity contribution in [1.82, 2.24) is 4.90 Å². The summed E-state index contributed by atoms with van der Waals surface area (Å²) in [6.45, 7) is 7.01. The maximum absolute atomic E-state index is 5.83. The van der Waals surface area contributed by atoms with E-state index in [9.17, 15) is 0 Å². The molecule has 0 radical (unpaired) electrons. The lowest BCUT2D eigenvalue weighted by Crippen LogP contribution is -2.29. The van der Waals surface area contributed by atoms with Gasteiger partial charge in [-0.3, -0.25) is 0 Å². The van der Waals surface area contributed by atoms with Crippen LogP contribution < -0.4 is 5.73 Å². The number of hydrogen-bond acceptors (Lipinski definition) is 2. The standard InChI is InChI=1S/C14H22N2/c1-3-11(2)16-8-7-13(10-16)12-5-4-6-14(15)9-12/h4-6,9,11,13H,3,7-8,10,15H2,1-2H3. The van der Waals surface area contributed by atoms with Gasteiger partial charge in [0, 0.05) is 18.3 Å². The van der Waals surface area contributed by atoms with Gasteiger partial charge >= 0.3 is 0 Å². The smallest absolute Gasteiger partial charge is 0.0316 e. The van der Waals surface area contributed by atoms with Gasteiger partial charge in [-0.25, -0.2) is 0 Å². The lowest BCUT2D eigenvalue weighted by molar-refractivity contribution is 0.250. The van der Waals surface area contributed by atoms with Crippen molar-refractivity contribution < 1.29 is 0 Å². The number of likely N-dealkylation sites (tertiary alicyclic amines) is 1. The molecule has 2 heteroatoms. The van der Waals surface area contributed by atoms with Crippen molar-refractivity contribution in [3.05, 3.63) is 29.8 Å². The molecule has 1 saturated heterocycles. The van der Waals surface area contributed by atoms with Crippen LogP contribution in [-0.4, -0.2) is 24.0 Å². The van der Waals surface area contributed by atoms with E-state index in [2.05, 4.69) is 36.9 Å². The largest absolute Gasteiger partial charge is 0.399 e. The summed E-state index contributed by atoms with van der Waals surface area (Å²) in [7, 11) is 0. The van der Waals surface area contributed by atoms with Crippen molar-refractivity contribution in [2.45, 2.75) is 38.6 Å². The molecule has 1 aliphatic heterocycles. The van der Waals surface area contributed by atoms with Crippen LogP contribution in [0.4, 0.5) is 5.69 Å². The first kappa shape index (κ1) is 11.5. The minimum atomic E-state index is 0.678. The van der Waals surface area contributed by atoms with Gasteiger partial charge in [-0.15, -0.1) is 0 Å². The van der Waals surface area contributed by atoms with Crippen LogP contribution in [0.2, 0.25) is 0 Å². The van der Waals surface area contributed by atoms with Crippen molar-refractivity contribution in [2.24, 2.45) is 0 Å². The highest BCUT2D eigenvalue weighted by molar-refractivity contribution is 5.42. The molecule has 1 aromatic carbocycles. The molecule has 2 N–H and O–H groups in total. The second-order valence-electron chi connectivity index (χ2n) is 4.91. The fourth-order valence-electron chi connectivity index (χ4n) is 2.53. The van der Waals surface area contributed by atoms with Crippen LogP contribution in [0.3, 0.4) is 0 Å². The molecule has 2 unspecified atom stereocenters. The zero-order valence-corrected chi connectivity index (χ0v) is 10.3. The van der Waals surface area contributed by atoms with Gasteiger partial charge in [0.25, 0.3) is 0 Å². The van der Waals surface area contributed by atoms with Crippen molar-refractivity contribution in [3.63, 3.8) is 0 Å². The Kier molecular flexibility index (Phi) is 3.49. The summed E-state index contributed by atoms with van der Waals surface area (Å²) >= 11 is 0. The van der Waals surface area contributed by atoms with Crippen molar-refractivity contribution in [2.75, 3.05) is 18.8 Å². The topological polar surface area (TPSA) is 29.3 Å². The first-order valence-electron chi connectivity index (χ1n) is 6.30. The van der Waals surface area contributed by atoms with Crippen LogP contribution >= 0.6 is 0 Å². The van der Waals surface area contributed by atoms with Gasteiger partial charge in [0.05, 0.1) is 0 Å². The highest BCUT2D eigenvalue weighted by atomic mass is 15.2. The van der Waals surface area contributed by atoms with Gasteiger partial charge in [0.15, 0.2) is 0 Å². The van der Waals surface area contributed by atoms with Gasteiger partial charge in [0.1, 0.15) is 0 Å². The third-order valence-corrected chi connectivity index (χ3v) is 3.82. The summed E-state index contributed by atoms with van der Waals surface area (Å²) in [5.74, 6) is 0.678. The monoisotopic (exact) mass is 218 g/mol. The molecule has 2 atom stereocenters. The number of nitrogens with two attached hydrogens (primary N) is 1. The average molecular weight is 218 g/mol. The fourth-order valence-corrected chi connectivity index (χ4v) is 2.53. The Morgan fingerprint density at radius 1 is 1.50 bits per heavy atom. The van der Waals surface area contributed by atoms with E-state index in [1.807, 2.05) is 6.07 Å². The minimum absolute atomic E-state index is 0.678. The Morgan fingerprint density at radius 3 is 3.00 bits per heavy atom. The number of benzene rings is 1. The number of rotatable bonds is 3. The Balaban J connectivity index is 2.03. The van der Waals surface area contributed by atoms with E-state index >= 15 is 0 Å². The molecule has 1 heterocycles. The Bertz CT molecular complexity index is 348. The van der Waals surface area contributed by atoms with Crippen LogP contribution in [0, 0.1) is 0 Å². The number of nitrogens with zero attached hydrogens (tertiary/aromatic N) is 1. The number of nitrogen functional groups attached to an aromatic ring is 1. The molecule has 0 aromatic heterocycles. The van der Waals surface area contributed by atoms with E-state index in [0.29, 0.717) is 12.0 Å². The second-order valence-corrected chi connectivity index (χ2v) is 4.91. The Morgan fingerprint density at radius 2 is 2.31 bits per heavy atom. The lowest BCUT2D eigenvalue weighted by Gasteiger charge is -2.23. The predicted octanol–water partition coefficient (Wildman–Crippen LogP) is 2.86. The second kappa shape index (κ2) is 4.88. The molecule has 0 bridgehead atoms. The molecule has 2 rings (SSSR count). The van der Waals surface area contributed by atoms with Gasteiger partial charge in [0.2, 0.25) is 0 Å². The SMILES string of the molecule is CCC(C)N1CCC(c2cccc(N)c2)C1. The maximum atomic E-state index is 5.83. The molecule has 1 fully saturated rings. The van der Waals surface area contributed by atoms with E-state index in [1.165, 1.54) is 31.5 Å².